The number of likely N-dealkylation sites (N-methyl/N-ethyl adjacent to an activating group) is 1. The molecule has 0 fully saturated rings. The van der Waals surface area contributed by atoms with Gasteiger partial charge in [0.25, 0.3) is 0 Å². The minimum atomic E-state index is -0.584. The lowest BCUT2D eigenvalue weighted by Gasteiger charge is -2.09. The van der Waals surface area contributed by atoms with E-state index in [1.165, 1.54) is 0 Å². The first-order valence-electron chi connectivity index (χ1n) is 5.80. The Balaban J connectivity index is 3.50. The zero-order valence-corrected chi connectivity index (χ0v) is 11.2. The number of rotatable bonds is 9. The highest BCUT2D eigenvalue weighted by molar-refractivity contribution is 5.91. The third kappa shape index (κ3) is 11.1. The second-order valence-electron chi connectivity index (χ2n) is 3.67. The number of ether oxygens (including phenoxy) is 3. The Kier molecular flexibility index (Phi) is 9.90. The Morgan fingerprint density at radius 1 is 1.00 bits per heavy atom. The summed E-state index contributed by atoms with van der Waals surface area (Å²) in [6.07, 6.45) is 2.08. The molecule has 18 heavy (non-hydrogen) atoms. The van der Waals surface area contributed by atoms with Crippen LogP contribution in [-0.2, 0) is 23.8 Å². The molecule has 0 aromatic heterocycles. The molecule has 0 N–H and O–H groups in total. The second-order valence-corrected chi connectivity index (χ2v) is 3.67. The molecule has 104 valence electrons. The summed E-state index contributed by atoms with van der Waals surface area (Å²) < 4.78 is 14.6. The minimum Gasteiger partial charge on any atom is -0.463 e. The van der Waals surface area contributed by atoms with Crippen LogP contribution in [-0.4, -0.2) is 63.9 Å². The zero-order valence-electron chi connectivity index (χ0n) is 11.2. The van der Waals surface area contributed by atoms with Gasteiger partial charge in [0.15, 0.2) is 0 Å². The third-order valence-corrected chi connectivity index (χ3v) is 1.80. The summed E-state index contributed by atoms with van der Waals surface area (Å²) in [4.78, 5) is 24.0. The van der Waals surface area contributed by atoms with Crippen molar-refractivity contribution in [3.05, 3.63) is 12.2 Å². The van der Waals surface area contributed by atoms with Gasteiger partial charge in [0.05, 0.1) is 19.8 Å². The van der Waals surface area contributed by atoms with Gasteiger partial charge in [-0.05, 0) is 21.0 Å². The van der Waals surface area contributed by atoms with Gasteiger partial charge in [0, 0.05) is 18.7 Å². The van der Waals surface area contributed by atoms with Crippen molar-refractivity contribution in [2.24, 2.45) is 0 Å². The van der Waals surface area contributed by atoms with E-state index in [1.54, 1.807) is 6.92 Å². The fourth-order valence-corrected chi connectivity index (χ4v) is 0.925. The quantitative estimate of drug-likeness (QED) is 0.335. The summed E-state index contributed by atoms with van der Waals surface area (Å²) in [6, 6.07) is 0. The van der Waals surface area contributed by atoms with Crippen LogP contribution in [0.25, 0.3) is 0 Å². The van der Waals surface area contributed by atoms with Gasteiger partial charge >= 0.3 is 11.9 Å². The standard InChI is InChI=1S/C12H21NO5/c1-4-17-11(14)5-6-12(15)18-10-9-16-8-7-13(2)3/h5-6H,4,7-10H2,1-3H3/b6-5+. The molecule has 0 aromatic rings. The molecule has 0 aliphatic rings. The molecule has 6 heteroatoms. The Morgan fingerprint density at radius 2 is 1.61 bits per heavy atom. The number of carbonyl (C=O) groups excluding carboxylic acids is 2. The first kappa shape index (κ1) is 16.6. The van der Waals surface area contributed by atoms with E-state index in [9.17, 15) is 9.59 Å². The van der Waals surface area contributed by atoms with Gasteiger partial charge in [-0.25, -0.2) is 9.59 Å². The molecule has 0 heterocycles. The molecule has 0 unspecified atom stereocenters. The van der Waals surface area contributed by atoms with Crippen LogP contribution >= 0.6 is 0 Å². The van der Waals surface area contributed by atoms with E-state index in [1.807, 2.05) is 19.0 Å². The van der Waals surface area contributed by atoms with Crippen molar-refractivity contribution in [1.82, 2.24) is 4.90 Å². The highest BCUT2D eigenvalue weighted by Gasteiger charge is 2.00. The molecular formula is C12H21NO5. The van der Waals surface area contributed by atoms with E-state index in [4.69, 9.17) is 9.47 Å². The van der Waals surface area contributed by atoms with E-state index in [-0.39, 0.29) is 13.2 Å². The van der Waals surface area contributed by atoms with Crippen LogP contribution < -0.4 is 0 Å². The smallest absolute Gasteiger partial charge is 0.331 e. The van der Waals surface area contributed by atoms with Gasteiger partial charge in [0.2, 0.25) is 0 Å². The largest absolute Gasteiger partial charge is 0.463 e. The molecule has 0 saturated heterocycles. The Morgan fingerprint density at radius 3 is 2.17 bits per heavy atom. The molecule has 0 amide bonds. The molecule has 0 aromatic carbocycles. The minimum absolute atomic E-state index is 0.166. The predicted octanol–water partition coefficient (Wildman–Crippen LogP) is 0.227. The van der Waals surface area contributed by atoms with Crippen LogP contribution in [0, 0.1) is 0 Å². The van der Waals surface area contributed by atoms with Crippen LogP contribution in [0.4, 0.5) is 0 Å². The number of nitrogens with zero attached hydrogens (tertiary/aromatic N) is 1. The van der Waals surface area contributed by atoms with Crippen molar-refractivity contribution in [2.45, 2.75) is 6.92 Å². The van der Waals surface area contributed by atoms with Crippen LogP contribution in [0.15, 0.2) is 12.2 Å². The molecule has 0 spiro atoms. The summed E-state index contributed by atoms with van der Waals surface area (Å²) in [6.45, 7) is 3.87. The van der Waals surface area contributed by atoms with Gasteiger partial charge in [-0.15, -0.1) is 0 Å². The summed E-state index contributed by atoms with van der Waals surface area (Å²) in [7, 11) is 3.90. The topological polar surface area (TPSA) is 65.1 Å². The Bertz CT molecular complexity index is 276. The van der Waals surface area contributed by atoms with E-state index in [0.717, 1.165) is 18.7 Å². The fourth-order valence-electron chi connectivity index (χ4n) is 0.925. The Labute approximate surface area is 107 Å². The van der Waals surface area contributed by atoms with Crippen LogP contribution in [0.3, 0.4) is 0 Å². The number of hydrogen-bond donors (Lipinski definition) is 0. The highest BCUT2D eigenvalue weighted by atomic mass is 16.6. The first-order valence-corrected chi connectivity index (χ1v) is 5.80. The maximum Gasteiger partial charge on any atom is 0.331 e. The van der Waals surface area contributed by atoms with Crippen molar-refractivity contribution < 1.29 is 23.8 Å². The van der Waals surface area contributed by atoms with E-state index >= 15 is 0 Å². The van der Waals surface area contributed by atoms with Crippen LogP contribution in [0.1, 0.15) is 6.92 Å². The lowest BCUT2D eigenvalue weighted by molar-refractivity contribution is -0.141. The van der Waals surface area contributed by atoms with Gasteiger partial charge < -0.3 is 19.1 Å². The number of carbonyl (C=O) groups is 2. The molecule has 0 aliphatic carbocycles. The van der Waals surface area contributed by atoms with Crippen molar-refractivity contribution in [2.75, 3.05) is 47.1 Å². The average Bonchev–Trinajstić information content (AvgIpc) is 2.31. The second kappa shape index (κ2) is 10.7. The lowest BCUT2D eigenvalue weighted by atomic mass is 10.5. The summed E-state index contributed by atoms with van der Waals surface area (Å²) >= 11 is 0. The zero-order chi connectivity index (χ0) is 13.8. The van der Waals surface area contributed by atoms with Gasteiger partial charge in [-0.3, -0.25) is 0 Å². The molecular weight excluding hydrogens is 238 g/mol. The van der Waals surface area contributed by atoms with Crippen molar-refractivity contribution in [1.29, 1.82) is 0 Å². The highest BCUT2D eigenvalue weighted by Crippen LogP contribution is 1.86. The van der Waals surface area contributed by atoms with Gasteiger partial charge in [0.1, 0.15) is 6.61 Å². The first-order chi connectivity index (χ1) is 8.56. The molecule has 0 saturated carbocycles. The monoisotopic (exact) mass is 259 g/mol. The van der Waals surface area contributed by atoms with Crippen molar-refractivity contribution in [3.63, 3.8) is 0 Å². The van der Waals surface area contributed by atoms with Crippen LogP contribution in [0.5, 0.6) is 0 Å². The Hall–Kier alpha value is -1.40. The molecule has 0 atom stereocenters. The number of hydrogen-bond acceptors (Lipinski definition) is 6. The SMILES string of the molecule is CCOC(=O)/C=C/C(=O)OCCOCCN(C)C. The molecule has 6 nitrogen and oxygen atoms in total. The van der Waals surface area contributed by atoms with Gasteiger partial charge in [-0.1, -0.05) is 0 Å². The van der Waals surface area contributed by atoms with Gasteiger partial charge in [-0.2, -0.15) is 0 Å². The lowest BCUT2D eigenvalue weighted by Crippen LogP contribution is -2.19. The van der Waals surface area contributed by atoms with E-state index in [0.29, 0.717) is 13.2 Å². The molecule has 0 aliphatic heterocycles. The maximum atomic E-state index is 11.1. The summed E-state index contributed by atoms with van der Waals surface area (Å²) in [5.41, 5.74) is 0. The molecule has 0 radical (unpaired) electrons. The predicted molar refractivity (Wildman–Crippen MR) is 66.1 cm³/mol. The summed E-state index contributed by atoms with van der Waals surface area (Å²) in [5, 5.41) is 0. The van der Waals surface area contributed by atoms with Crippen molar-refractivity contribution >= 4 is 11.9 Å². The van der Waals surface area contributed by atoms with E-state index in [2.05, 4.69) is 4.74 Å². The summed E-state index contributed by atoms with van der Waals surface area (Å²) in [5.74, 6) is -1.14. The normalized spacial score (nSPS) is 10.9. The number of esters is 2. The van der Waals surface area contributed by atoms with Crippen molar-refractivity contribution in [3.8, 4) is 0 Å². The van der Waals surface area contributed by atoms with E-state index < -0.39 is 11.9 Å². The maximum absolute atomic E-state index is 11.1. The van der Waals surface area contributed by atoms with Crippen LogP contribution in [0.2, 0.25) is 0 Å². The molecule has 0 rings (SSSR count). The fraction of sp³-hybridized carbons (Fsp3) is 0.667. The molecule has 0 bridgehead atoms. The third-order valence-electron chi connectivity index (χ3n) is 1.80. The average molecular weight is 259 g/mol.